The molecule has 0 amide bonds. The summed E-state index contributed by atoms with van der Waals surface area (Å²) in [5.41, 5.74) is -0.570. The molecule has 1 aliphatic rings. The fraction of sp³-hybridized carbons (Fsp3) is 0.643. The largest absolute Gasteiger partial charge is 0.468 e. The number of nitrogens with one attached hydrogen (secondary N) is 1. The van der Waals surface area contributed by atoms with Crippen molar-refractivity contribution in [1.29, 1.82) is 0 Å². The maximum absolute atomic E-state index is 12.0. The second kappa shape index (κ2) is 6.29. The van der Waals surface area contributed by atoms with E-state index in [0.29, 0.717) is 11.3 Å². The summed E-state index contributed by atoms with van der Waals surface area (Å²) in [5.74, 6) is -0.155. The second-order valence-corrected chi connectivity index (χ2v) is 7.99. The van der Waals surface area contributed by atoms with Crippen molar-refractivity contribution in [3.05, 3.63) is 17.5 Å². The van der Waals surface area contributed by atoms with E-state index in [2.05, 4.69) is 29.8 Å². The zero-order valence-corrected chi connectivity index (χ0v) is 13.3. The van der Waals surface area contributed by atoms with Gasteiger partial charge in [-0.2, -0.15) is 0 Å². The van der Waals surface area contributed by atoms with Gasteiger partial charge in [0, 0.05) is 11.3 Å². The van der Waals surface area contributed by atoms with Crippen LogP contribution in [0.25, 0.3) is 0 Å². The summed E-state index contributed by atoms with van der Waals surface area (Å²) < 4.78 is 6.27. The molecular formula is C14H21NO2S2. The summed E-state index contributed by atoms with van der Waals surface area (Å²) in [5, 5.41) is 5.89. The number of hydrogen-bond donors (Lipinski definition) is 1. The van der Waals surface area contributed by atoms with Crippen LogP contribution in [-0.2, 0) is 9.53 Å². The number of esters is 1. The molecular weight excluding hydrogens is 278 g/mol. The number of hydrogen-bond acceptors (Lipinski definition) is 5. The second-order valence-electron chi connectivity index (χ2n) is 5.31. The van der Waals surface area contributed by atoms with E-state index in [4.69, 9.17) is 4.74 Å². The van der Waals surface area contributed by atoms with Crippen LogP contribution in [-0.4, -0.2) is 29.9 Å². The summed E-state index contributed by atoms with van der Waals surface area (Å²) in [4.78, 5) is 12.0. The zero-order chi connectivity index (χ0) is 13.9. The molecule has 1 aromatic heterocycles. The van der Waals surface area contributed by atoms with Gasteiger partial charge in [0.25, 0.3) is 0 Å². The summed E-state index contributed by atoms with van der Waals surface area (Å²) in [6.07, 6.45) is 3.11. The van der Waals surface area contributed by atoms with Crippen LogP contribution in [0.5, 0.6) is 0 Å². The first-order chi connectivity index (χ1) is 9.03. The third-order valence-electron chi connectivity index (χ3n) is 3.24. The van der Waals surface area contributed by atoms with Crippen molar-refractivity contribution < 1.29 is 9.53 Å². The molecule has 1 N–H and O–H groups in total. The minimum atomic E-state index is -0.570. The van der Waals surface area contributed by atoms with E-state index in [0.717, 1.165) is 6.42 Å². The molecule has 1 fully saturated rings. The summed E-state index contributed by atoms with van der Waals surface area (Å²) in [6, 6.07) is 4.67. The van der Waals surface area contributed by atoms with Crippen LogP contribution in [0.15, 0.2) is 21.7 Å². The normalized spacial score (nSPS) is 19.7. The molecule has 19 heavy (non-hydrogen) atoms. The molecule has 1 aromatic rings. The van der Waals surface area contributed by atoms with Crippen LogP contribution in [0.4, 0.5) is 0 Å². The molecule has 5 heteroatoms. The predicted molar refractivity (Wildman–Crippen MR) is 80.8 cm³/mol. The first kappa shape index (κ1) is 14.9. The highest BCUT2D eigenvalue weighted by Gasteiger charge is 2.40. The molecule has 2 rings (SSSR count). The van der Waals surface area contributed by atoms with Crippen molar-refractivity contribution in [3.8, 4) is 0 Å². The van der Waals surface area contributed by atoms with E-state index < -0.39 is 5.54 Å². The van der Waals surface area contributed by atoms with Gasteiger partial charge in [-0.15, -0.1) is 23.1 Å². The number of carbonyl (C=O) groups excluding carboxylic acids is 1. The predicted octanol–water partition coefficient (Wildman–Crippen LogP) is 3.30. The third kappa shape index (κ3) is 4.23. The number of thioether (sulfide) groups is 1. The maximum atomic E-state index is 12.0. The first-order valence-corrected chi connectivity index (χ1v) is 8.36. The van der Waals surface area contributed by atoms with Crippen molar-refractivity contribution in [2.75, 3.05) is 7.11 Å². The molecule has 0 radical (unpaired) electrons. The fourth-order valence-corrected chi connectivity index (χ4v) is 4.55. The van der Waals surface area contributed by atoms with Gasteiger partial charge in [0.15, 0.2) is 0 Å². The number of thiophene rings is 1. The van der Waals surface area contributed by atoms with Crippen LogP contribution in [0.3, 0.4) is 0 Å². The zero-order valence-electron chi connectivity index (χ0n) is 11.6. The fourth-order valence-electron chi connectivity index (χ4n) is 2.25. The van der Waals surface area contributed by atoms with Gasteiger partial charge in [-0.05, 0) is 37.6 Å². The van der Waals surface area contributed by atoms with Crippen LogP contribution < -0.4 is 5.32 Å². The maximum Gasteiger partial charge on any atom is 0.325 e. The van der Waals surface area contributed by atoms with Crippen LogP contribution in [0.2, 0.25) is 0 Å². The van der Waals surface area contributed by atoms with E-state index >= 15 is 0 Å². The topological polar surface area (TPSA) is 38.3 Å². The molecule has 0 spiro atoms. The standard InChI is InChI=1S/C14H21NO2S2/c1-10(19-12-5-4-8-18-12)9-14(2,13(16)17-3)15-11-6-7-11/h4-5,8,10-11,15H,6-7,9H2,1-3H3. The molecule has 2 atom stereocenters. The van der Waals surface area contributed by atoms with Gasteiger partial charge in [0.2, 0.25) is 0 Å². The Bertz CT molecular complexity index is 417. The lowest BCUT2D eigenvalue weighted by Gasteiger charge is -2.30. The Hall–Kier alpha value is -0.520. The third-order valence-corrected chi connectivity index (χ3v) is 5.42. The Morgan fingerprint density at radius 2 is 2.42 bits per heavy atom. The molecule has 1 heterocycles. The minimum absolute atomic E-state index is 0.155. The number of methoxy groups -OCH3 is 1. The highest BCUT2D eigenvalue weighted by Crippen LogP contribution is 2.33. The Morgan fingerprint density at radius 1 is 1.68 bits per heavy atom. The summed E-state index contributed by atoms with van der Waals surface area (Å²) in [7, 11) is 1.46. The average molecular weight is 299 g/mol. The lowest BCUT2D eigenvalue weighted by molar-refractivity contribution is -0.148. The molecule has 0 aromatic carbocycles. The van der Waals surface area contributed by atoms with E-state index in [1.54, 1.807) is 11.3 Å². The monoisotopic (exact) mass is 299 g/mol. The molecule has 106 valence electrons. The smallest absolute Gasteiger partial charge is 0.325 e. The van der Waals surface area contributed by atoms with Crippen molar-refractivity contribution in [3.63, 3.8) is 0 Å². The lowest BCUT2D eigenvalue weighted by atomic mass is 9.96. The Morgan fingerprint density at radius 3 is 2.95 bits per heavy atom. The van der Waals surface area contributed by atoms with Crippen molar-refractivity contribution in [2.45, 2.75) is 54.1 Å². The van der Waals surface area contributed by atoms with E-state index in [-0.39, 0.29) is 5.97 Å². The number of rotatable bonds is 7. The number of carbonyl (C=O) groups is 1. The van der Waals surface area contributed by atoms with Crippen molar-refractivity contribution in [1.82, 2.24) is 5.32 Å². The lowest BCUT2D eigenvalue weighted by Crippen LogP contribution is -2.52. The quantitative estimate of drug-likeness (QED) is 0.619. The molecule has 2 unspecified atom stereocenters. The Balaban J connectivity index is 1.96. The van der Waals surface area contributed by atoms with Crippen LogP contribution >= 0.6 is 23.1 Å². The van der Waals surface area contributed by atoms with Gasteiger partial charge in [-0.25, -0.2) is 0 Å². The molecule has 1 saturated carbocycles. The molecule has 0 aliphatic heterocycles. The number of ether oxygens (including phenoxy) is 1. The van der Waals surface area contributed by atoms with Crippen LogP contribution in [0, 0.1) is 0 Å². The molecule has 0 bridgehead atoms. The van der Waals surface area contributed by atoms with E-state index in [9.17, 15) is 4.79 Å². The van der Waals surface area contributed by atoms with Gasteiger partial charge in [-0.1, -0.05) is 13.0 Å². The molecule has 1 aliphatic carbocycles. The van der Waals surface area contributed by atoms with Gasteiger partial charge in [-0.3, -0.25) is 10.1 Å². The average Bonchev–Trinajstić information content (AvgIpc) is 3.01. The highest BCUT2D eigenvalue weighted by atomic mass is 32.2. The Kier molecular flexibility index (Phi) is 4.92. The first-order valence-electron chi connectivity index (χ1n) is 6.60. The van der Waals surface area contributed by atoms with E-state index in [1.807, 2.05) is 18.7 Å². The van der Waals surface area contributed by atoms with Crippen molar-refractivity contribution in [2.24, 2.45) is 0 Å². The van der Waals surface area contributed by atoms with Gasteiger partial charge in [0.05, 0.1) is 11.3 Å². The summed E-state index contributed by atoms with van der Waals surface area (Å²) in [6.45, 7) is 4.13. The van der Waals surface area contributed by atoms with Gasteiger partial charge < -0.3 is 4.74 Å². The SMILES string of the molecule is COC(=O)C(C)(CC(C)Sc1cccs1)NC1CC1. The summed E-state index contributed by atoms with van der Waals surface area (Å²) >= 11 is 3.57. The highest BCUT2D eigenvalue weighted by molar-refractivity contribution is 8.01. The van der Waals surface area contributed by atoms with E-state index in [1.165, 1.54) is 24.2 Å². The minimum Gasteiger partial charge on any atom is -0.468 e. The Labute approximate surface area is 123 Å². The van der Waals surface area contributed by atoms with Gasteiger partial charge in [0.1, 0.15) is 5.54 Å². The van der Waals surface area contributed by atoms with Crippen molar-refractivity contribution >= 4 is 29.1 Å². The molecule has 3 nitrogen and oxygen atoms in total. The van der Waals surface area contributed by atoms with Crippen LogP contribution in [0.1, 0.15) is 33.1 Å². The van der Waals surface area contributed by atoms with Gasteiger partial charge >= 0.3 is 5.97 Å². The molecule has 0 saturated heterocycles.